The maximum absolute atomic E-state index is 12.4. The Morgan fingerprint density at radius 1 is 1.00 bits per heavy atom. The van der Waals surface area contributed by atoms with Crippen molar-refractivity contribution in [2.75, 3.05) is 0 Å². The van der Waals surface area contributed by atoms with Crippen LogP contribution in [0.4, 0.5) is 8.78 Å². The van der Waals surface area contributed by atoms with Gasteiger partial charge in [-0.1, -0.05) is 6.07 Å². The molecule has 4 heteroatoms. The van der Waals surface area contributed by atoms with Crippen molar-refractivity contribution >= 4 is 0 Å². The van der Waals surface area contributed by atoms with Crippen molar-refractivity contribution in [3.05, 3.63) is 24.3 Å². The predicted molar refractivity (Wildman–Crippen MR) is 48.8 cm³/mol. The quantitative estimate of drug-likeness (QED) is 0.747. The molecule has 0 heterocycles. The lowest BCUT2D eigenvalue weighted by Crippen LogP contribution is -2.06. The van der Waals surface area contributed by atoms with Crippen molar-refractivity contribution in [3.63, 3.8) is 0 Å². The zero-order chi connectivity index (χ0) is 10.6. The fraction of sp³-hybridized carbons (Fsp3) is 0.400. The second-order valence-corrected chi connectivity index (χ2v) is 2.80. The van der Waals surface area contributed by atoms with Gasteiger partial charge in [-0.15, -0.1) is 0 Å². The Hall–Kier alpha value is -1.32. The van der Waals surface area contributed by atoms with Crippen LogP contribution in [0.1, 0.15) is 13.8 Å². The summed E-state index contributed by atoms with van der Waals surface area (Å²) in [6, 6.07) is 6.19. The van der Waals surface area contributed by atoms with E-state index in [1.165, 1.54) is 19.9 Å². The number of halogens is 2. The molecule has 0 radical (unpaired) electrons. The molecule has 0 aliphatic carbocycles. The molecule has 2 nitrogen and oxygen atoms in total. The first-order chi connectivity index (χ1) is 6.58. The second-order valence-electron chi connectivity index (χ2n) is 2.80. The molecule has 1 rings (SSSR count). The van der Waals surface area contributed by atoms with Gasteiger partial charge in [0.25, 0.3) is 0 Å². The molecule has 0 aromatic heterocycles. The van der Waals surface area contributed by atoms with E-state index < -0.39 is 12.7 Å². The van der Waals surface area contributed by atoms with Crippen LogP contribution in [0.5, 0.6) is 11.5 Å². The maximum Gasteiger partial charge on any atom is 0.235 e. The topological polar surface area (TPSA) is 18.5 Å². The fourth-order valence-corrected chi connectivity index (χ4v) is 0.996. The molecule has 0 saturated carbocycles. The number of rotatable bonds is 4. The van der Waals surface area contributed by atoms with E-state index in [0.717, 1.165) is 0 Å². The lowest BCUT2D eigenvalue weighted by Gasteiger charge is -2.10. The van der Waals surface area contributed by atoms with Gasteiger partial charge in [0.05, 0.1) is 0 Å². The summed E-state index contributed by atoms with van der Waals surface area (Å²) < 4.78 is 34.4. The van der Waals surface area contributed by atoms with Gasteiger partial charge in [0.1, 0.15) is 11.5 Å². The monoisotopic (exact) mass is 202 g/mol. The standard InChI is InChI=1S/C10H12F2O2/c1-7(11)13-9-4-3-5-10(6-9)14-8(2)12/h3-8H,1-2H3. The third-order valence-corrected chi connectivity index (χ3v) is 1.40. The van der Waals surface area contributed by atoms with Crippen LogP contribution in [0, 0.1) is 0 Å². The van der Waals surface area contributed by atoms with Gasteiger partial charge in [-0.05, 0) is 12.1 Å². The Balaban J connectivity index is 2.68. The van der Waals surface area contributed by atoms with Gasteiger partial charge in [-0.2, -0.15) is 0 Å². The minimum absolute atomic E-state index is 0.318. The lowest BCUT2D eigenvalue weighted by atomic mass is 10.3. The van der Waals surface area contributed by atoms with Crippen LogP contribution in [0.3, 0.4) is 0 Å². The molecule has 2 unspecified atom stereocenters. The summed E-state index contributed by atoms with van der Waals surface area (Å²) in [5.41, 5.74) is 0. The SMILES string of the molecule is CC(F)Oc1cccc(OC(C)F)c1. The van der Waals surface area contributed by atoms with Crippen LogP contribution < -0.4 is 9.47 Å². The zero-order valence-corrected chi connectivity index (χ0v) is 8.04. The number of alkyl halides is 2. The van der Waals surface area contributed by atoms with Gasteiger partial charge in [0.2, 0.25) is 12.7 Å². The van der Waals surface area contributed by atoms with E-state index in [1.54, 1.807) is 18.2 Å². The van der Waals surface area contributed by atoms with Gasteiger partial charge in [0.15, 0.2) is 0 Å². The Morgan fingerprint density at radius 3 is 1.79 bits per heavy atom. The van der Waals surface area contributed by atoms with Crippen molar-refractivity contribution in [3.8, 4) is 11.5 Å². The molecule has 0 aliphatic rings. The van der Waals surface area contributed by atoms with Gasteiger partial charge in [0, 0.05) is 19.9 Å². The van der Waals surface area contributed by atoms with Crippen molar-refractivity contribution in [1.82, 2.24) is 0 Å². The molecule has 0 fully saturated rings. The van der Waals surface area contributed by atoms with E-state index in [9.17, 15) is 8.78 Å². The molecule has 1 aromatic rings. The Morgan fingerprint density at radius 2 is 1.43 bits per heavy atom. The first-order valence-corrected chi connectivity index (χ1v) is 4.29. The summed E-state index contributed by atoms with van der Waals surface area (Å²) >= 11 is 0. The van der Waals surface area contributed by atoms with E-state index in [0.29, 0.717) is 11.5 Å². The summed E-state index contributed by atoms with van der Waals surface area (Å²) in [4.78, 5) is 0. The van der Waals surface area contributed by atoms with Crippen LogP contribution in [0.2, 0.25) is 0 Å². The average Bonchev–Trinajstić information content (AvgIpc) is 2.01. The van der Waals surface area contributed by atoms with Crippen LogP contribution >= 0.6 is 0 Å². The summed E-state index contributed by atoms with van der Waals surface area (Å²) in [6.07, 6.45) is -2.79. The summed E-state index contributed by atoms with van der Waals surface area (Å²) in [5, 5.41) is 0. The van der Waals surface area contributed by atoms with Crippen molar-refractivity contribution in [2.24, 2.45) is 0 Å². The molecule has 0 N–H and O–H groups in total. The zero-order valence-electron chi connectivity index (χ0n) is 8.04. The van der Waals surface area contributed by atoms with E-state index in [1.807, 2.05) is 0 Å². The highest BCUT2D eigenvalue weighted by molar-refractivity contribution is 5.32. The van der Waals surface area contributed by atoms with Crippen LogP contribution in [0.15, 0.2) is 24.3 Å². The van der Waals surface area contributed by atoms with Gasteiger partial charge in [-0.25, -0.2) is 8.78 Å². The number of benzene rings is 1. The Bertz CT molecular complexity index is 262. The molecule has 0 spiro atoms. The second kappa shape index (κ2) is 4.79. The molecule has 14 heavy (non-hydrogen) atoms. The first kappa shape index (κ1) is 10.8. The highest BCUT2D eigenvalue weighted by atomic mass is 19.1. The summed E-state index contributed by atoms with van der Waals surface area (Å²) in [5.74, 6) is 0.635. The third-order valence-electron chi connectivity index (χ3n) is 1.40. The number of hydrogen-bond donors (Lipinski definition) is 0. The number of hydrogen-bond acceptors (Lipinski definition) is 2. The summed E-state index contributed by atoms with van der Waals surface area (Å²) in [6.45, 7) is 2.54. The highest BCUT2D eigenvalue weighted by Crippen LogP contribution is 2.21. The smallest absolute Gasteiger partial charge is 0.235 e. The molecule has 2 atom stereocenters. The molecular formula is C10H12F2O2. The minimum atomic E-state index is -1.40. The van der Waals surface area contributed by atoms with Gasteiger partial charge < -0.3 is 9.47 Å². The van der Waals surface area contributed by atoms with E-state index >= 15 is 0 Å². The average molecular weight is 202 g/mol. The van der Waals surface area contributed by atoms with Crippen molar-refractivity contribution in [1.29, 1.82) is 0 Å². The Labute approximate surface area is 81.4 Å². The van der Waals surface area contributed by atoms with Crippen molar-refractivity contribution < 1.29 is 18.3 Å². The van der Waals surface area contributed by atoms with E-state index in [4.69, 9.17) is 9.47 Å². The molecule has 0 bridgehead atoms. The van der Waals surface area contributed by atoms with E-state index in [2.05, 4.69) is 0 Å². The fourth-order valence-electron chi connectivity index (χ4n) is 0.996. The summed E-state index contributed by atoms with van der Waals surface area (Å²) in [7, 11) is 0. The highest BCUT2D eigenvalue weighted by Gasteiger charge is 2.04. The van der Waals surface area contributed by atoms with Crippen molar-refractivity contribution in [2.45, 2.75) is 26.6 Å². The van der Waals surface area contributed by atoms with Crippen LogP contribution in [0.25, 0.3) is 0 Å². The van der Waals surface area contributed by atoms with Crippen LogP contribution in [-0.2, 0) is 0 Å². The molecule has 78 valence electrons. The van der Waals surface area contributed by atoms with Gasteiger partial charge in [-0.3, -0.25) is 0 Å². The Kier molecular flexibility index (Phi) is 3.68. The normalized spacial score (nSPS) is 14.6. The largest absolute Gasteiger partial charge is 0.461 e. The molecule has 0 saturated heterocycles. The maximum atomic E-state index is 12.4. The molecule has 0 aliphatic heterocycles. The minimum Gasteiger partial charge on any atom is -0.461 e. The molecule has 0 amide bonds. The van der Waals surface area contributed by atoms with E-state index in [-0.39, 0.29) is 0 Å². The molecular weight excluding hydrogens is 190 g/mol. The first-order valence-electron chi connectivity index (χ1n) is 4.29. The third kappa shape index (κ3) is 3.60. The van der Waals surface area contributed by atoms with Crippen LogP contribution in [-0.4, -0.2) is 12.7 Å². The lowest BCUT2D eigenvalue weighted by molar-refractivity contribution is 0.0787. The van der Waals surface area contributed by atoms with Gasteiger partial charge >= 0.3 is 0 Å². The predicted octanol–water partition coefficient (Wildman–Crippen LogP) is 3.08. The number of ether oxygens (including phenoxy) is 2. The molecule has 1 aromatic carbocycles.